The summed E-state index contributed by atoms with van der Waals surface area (Å²) in [6.07, 6.45) is 3.78. The lowest BCUT2D eigenvalue weighted by Gasteiger charge is -2.25. The van der Waals surface area contributed by atoms with Crippen LogP contribution in [-0.4, -0.2) is 44.1 Å². The van der Waals surface area contributed by atoms with Gasteiger partial charge >= 0.3 is 6.03 Å². The first kappa shape index (κ1) is 13.8. The molecule has 1 N–H and O–H groups in total. The standard InChI is InChI=1S/C15H18N4O2/c20-14(12-7-3-1-4-8-12)13-11-16-19(17-13)15(21)18-9-5-2-6-10-18/h1,3-4,7-8,11,14,20H,2,5-6,9-10H2. The Morgan fingerprint density at radius 2 is 1.86 bits per heavy atom. The summed E-state index contributed by atoms with van der Waals surface area (Å²) in [5.74, 6) is 0. The van der Waals surface area contributed by atoms with Gasteiger partial charge in [-0.05, 0) is 24.8 Å². The third-order valence-electron chi connectivity index (χ3n) is 3.70. The van der Waals surface area contributed by atoms with Crippen LogP contribution in [-0.2, 0) is 0 Å². The fraction of sp³-hybridized carbons (Fsp3) is 0.400. The van der Waals surface area contributed by atoms with E-state index in [1.54, 1.807) is 4.90 Å². The molecule has 1 atom stereocenters. The van der Waals surface area contributed by atoms with Gasteiger partial charge in [-0.1, -0.05) is 35.1 Å². The summed E-state index contributed by atoms with van der Waals surface area (Å²) in [5, 5.41) is 18.4. The molecular weight excluding hydrogens is 268 g/mol. The van der Waals surface area contributed by atoms with Crippen molar-refractivity contribution in [1.82, 2.24) is 19.9 Å². The highest BCUT2D eigenvalue weighted by Gasteiger charge is 2.22. The molecule has 0 radical (unpaired) electrons. The molecule has 1 amide bonds. The second-order valence-corrected chi connectivity index (χ2v) is 5.20. The molecule has 1 unspecified atom stereocenters. The molecule has 6 heteroatoms. The van der Waals surface area contributed by atoms with Crippen LogP contribution >= 0.6 is 0 Å². The van der Waals surface area contributed by atoms with Gasteiger partial charge in [-0.3, -0.25) is 0 Å². The number of likely N-dealkylation sites (tertiary alicyclic amines) is 1. The topological polar surface area (TPSA) is 71.2 Å². The number of rotatable bonds is 2. The van der Waals surface area contributed by atoms with Gasteiger partial charge in [0.15, 0.2) is 0 Å². The minimum absolute atomic E-state index is 0.221. The number of aliphatic hydroxyl groups excluding tert-OH is 1. The molecule has 0 spiro atoms. The summed E-state index contributed by atoms with van der Waals surface area (Å²) >= 11 is 0. The third kappa shape index (κ3) is 2.95. The van der Waals surface area contributed by atoms with Crippen molar-refractivity contribution in [3.63, 3.8) is 0 Å². The van der Waals surface area contributed by atoms with E-state index in [0.29, 0.717) is 5.69 Å². The molecule has 21 heavy (non-hydrogen) atoms. The van der Waals surface area contributed by atoms with Crippen LogP contribution < -0.4 is 0 Å². The van der Waals surface area contributed by atoms with Crippen LogP contribution in [0.25, 0.3) is 0 Å². The zero-order chi connectivity index (χ0) is 14.7. The number of aromatic nitrogens is 3. The van der Waals surface area contributed by atoms with Crippen molar-refractivity contribution in [2.75, 3.05) is 13.1 Å². The highest BCUT2D eigenvalue weighted by molar-refractivity contribution is 5.74. The molecule has 2 aromatic rings. The maximum absolute atomic E-state index is 12.3. The Balaban J connectivity index is 1.75. The quantitative estimate of drug-likeness (QED) is 0.914. The van der Waals surface area contributed by atoms with Gasteiger partial charge in [-0.2, -0.15) is 5.10 Å². The fourth-order valence-electron chi connectivity index (χ4n) is 2.51. The van der Waals surface area contributed by atoms with Crippen molar-refractivity contribution in [2.45, 2.75) is 25.4 Å². The molecule has 1 aromatic heterocycles. The van der Waals surface area contributed by atoms with E-state index in [0.717, 1.165) is 42.7 Å². The number of aliphatic hydroxyl groups is 1. The molecule has 1 saturated heterocycles. The molecule has 3 rings (SSSR count). The smallest absolute Gasteiger partial charge is 0.362 e. The summed E-state index contributed by atoms with van der Waals surface area (Å²) in [4.78, 5) is 15.1. The molecule has 0 aliphatic carbocycles. The van der Waals surface area contributed by atoms with Crippen LogP contribution in [0.5, 0.6) is 0 Å². The number of hydrogen-bond acceptors (Lipinski definition) is 4. The molecular formula is C15H18N4O2. The lowest BCUT2D eigenvalue weighted by atomic mass is 10.1. The van der Waals surface area contributed by atoms with Gasteiger partial charge in [0.2, 0.25) is 0 Å². The predicted octanol–water partition coefficient (Wildman–Crippen LogP) is 1.81. The molecule has 110 valence electrons. The Morgan fingerprint density at radius 1 is 1.14 bits per heavy atom. The molecule has 1 aliphatic rings. The Labute approximate surface area is 123 Å². The van der Waals surface area contributed by atoms with Crippen LogP contribution in [0.15, 0.2) is 36.5 Å². The molecule has 1 fully saturated rings. The summed E-state index contributed by atoms with van der Waals surface area (Å²) in [6, 6.07) is 8.99. The molecule has 6 nitrogen and oxygen atoms in total. The van der Waals surface area contributed by atoms with Gasteiger partial charge in [0.25, 0.3) is 0 Å². The average molecular weight is 286 g/mol. The number of amides is 1. The summed E-state index contributed by atoms with van der Waals surface area (Å²) in [6.45, 7) is 1.49. The number of benzene rings is 1. The van der Waals surface area contributed by atoms with Gasteiger partial charge in [-0.25, -0.2) is 4.79 Å². The Bertz CT molecular complexity index is 605. The van der Waals surface area contributed by atoms with E-state index < -0.39 is 6.10 Å². The number of carbonyl (C=O) groups is 1. The van der Waals surface area contributed by atoms with E-state index in [9.17, 15) is 9.90 Å². The predicted molar refractivity (Wildman–Crippen MR) is 76.7 cm³/mol. The second-order valence-electron chi connectivity index (χ2n) is 5.20. The van der Waals surface area contributed by atoms with Crippen molar-refractivity contribution in [1.29, 1.82) is 0 Å². The zero-order valence-electron chi connectivity index (χ0n) is 11.7. The lowest BCUT2D eigenvalue weighted by Crippen LogP contribution is -2.39. The van der Waals surface area contributed by atoms with Crippen LogP contribution in [0, 0.1) is 0 Å². The van der Waals surface area contributed by atoms with Crippen molar-refractivity contribution in [3.8, 4) is 0 Å². The Morgan fingerprint density at radius 3 is 2.57 bits per heavy atom. The van der Waals surface area contributed by atoms with Gasteiger partial charge in [0, 0.05) is 13.1 Å². The second kappa shape index (κ2) is 6.05. The number of hydrogen-bond donors (Lipinski definition) is 1. The van der Waals surface area contributed by atoms with Crippen molar-refractivity contribution >= 4 is 6.03 Å². The van der Waals surface area contributed by atoms with Gasteiger partial charge in [0.1, 0.15) is 11.8 Å². The highest BCUT2D eigenvalue weighted by Crippen LogP contribution is 2.19. The third-order valence-corrected chi connectivity index (χ3v) is 3.70. The van der Waals surface area contributed by atoms with E-state index >= 15 is 0 Å². The van der Waals surface area contributed by atoms with Crippen molar-refractivity contribution in [2.24, 2.45) is 0 Å². The van der Waals surface area contributed by atoms with Crippen LogP contribution in [0.4, 0.5) is 4.79 Å². The number of nitrogens with zero attached hydrogens (tertiary/aromatic N) is 4. The number of piperidine rings is 1. The molecule has 0 saturated carbocycles. The molecule has 1 aromatic carbocycles. The van der Waals surface area contributed by atoms with Gasteiger partial charge in [0.05, 0.1) is 6.20 Å². The van der Waals surface area contributed by atoms with Crippen LogP contribution in [0.2, 0.25) is 0 Å². The largest absolute Gasteiger partial charge is 0.382 e. The lowest BCUT2D eigenvalue weighted by molar-refractivity contribution is 0.179. The minimum atomic E-state index is -0.867. The monoisotopic (exact) mass is 286 g/mol. The number of carbonyl (C=O) groups excluding carboxylic acids is 1. The van der Waals surface area contributed by atoms with Gasteiger partial charge in [-0.15, -0.1) is 5.10 Å². The fourth-order valence-corrected chi connectivity index (χ4v) is 2.51. The molecule has 1 aliphatic heterocycles. The van der Waals surface area contributed by atoms with Gasteiger partial charge < -0.3 is 10.0 Å². The first-order valence-corrected chi connectivity index (χ1v) is 7.20. The van der Waals surface area contributed by atoms with E-state index in [1.807, 2.05) is 30.3 Å². The maximum Gasteiger partial charge on any atom is 0.362 e. The van der Waals surface area contributed by atoms with E-state index in [1.165, 1.54) is 6.20 Å². The Hall–Kier alpha value is -2.21. The minimum Gasteiger partial charge on any atom is -0.382 e. The Kier molecular flexibility index (Phi) is 3.96. The summed E-state index contributed by atoms with van der Waals surface area (Å²) in [5.41, 5.74) is 1.11. The average Bonchev–Trinajstić information content (AvgIpc) is 3.05. The van der Waals surface area contributed by atoms with E-state index in [2.05, 4.69) is 10.2 Å². The first-order valence-electron chi connectivity index (χ1n) is 7.20. The summed E-state index contributed by atoms with van der Waals surface area (Å²) < 4.78 is 0. The normalized spacial score (nSPS) is 16.7. The van der Waals surface area contributed by atoms with Crippen molar-refractivity contribution < 1.29 is 9.90 Å². The van der Waals surface area contributed by atoms with Crippen LogP contribution in [0.3, 0.4) is 0 Å². The zero-order valence-corrected chi connectivity index (χ0v) is 11.7. The first-order chi connectivity index (χ1) is 10.3. The SMILES string of the molecule is O=C(N1CCCCC1)n1ncc(C(O)c2ccccc2)n1. The maximum atomic E-state index is 12.3. The van der Waals surface area contributed by atoms with E-state index in [4.69, 9.17) is 0 Å². The molecule has 2 heterocycles. The molecule has 0 bridgehead atoms. The summed E-state index contributed by atoms with van der Waals surface area (Å²) in [7, 11) is 0. The van der Waals surface area contributed by atoms with E-state index in [-0.39, 0.29) is 6.03 Å². The van der Waals surface area contributed by atoms with Crippen LogP contribution in [0.1, 0.15) is 36.6 Å². The van der Waals surface area contributed by atoms with Crippen molar-refractivity contribution in [3.05, 3.63) is 47.8 Å². The highest BCUT2D eigenvalue weighted by atomic mass is 16.3.